The summed E-state index contributed by atoms with van der Waals surface area (Å²) in [5.41, 5.74) is 6.48. The number of benzene rings is 3. The van der Waals surface area contributed by atoms with Crippen molar-refractivity contribution in [3.63, 3.8) is 0 Å². The molecule has 0 aliphatic carbocycles. The molecule has 0 aliphatic rings. The average molecular weight is 384 g/mol. The van der Waals surface area contributed by atoms with Gasteiger partial charge in [-0.05, 0) is 41.9 Å². The van der Waals surface area contributed by atoms with Gasteiger partial charge in [-0.25, -0.2) is 0 Å². The highest BCUT2D eigenvalue weighted by molar-refractivity contribution is 7.80. The van der Waals surface area contributed by atoms with E-state index in [0.29, 0.717) is 16.3 Å². The minimum atomic E-state index is -0.592. The second kappa shape index (κ2) is 7.51. The van der Waals surface area contributed by atoms with Crippen molar-refractivity contribution in [1.29, 1.82) is 0 Å². The van der Waals surface area contributed by atoms with Crippen LogP contribution < -0.4 is 16.4 Å². The molecule has 7 heteroatoms. The van der Waals surface area contributed by atoms with E-state index < -0.39 is 5.91 Å². The molecule has 5 nitrogen and oxygen atoms in total. The fourth-order valence-corrected chi connectivity index (χ4v) is 3.04. The van der Waals surface area contributed by atoms with Gasteiger partial charge in [0.2, 0.25) is 0 Å². The van der Waals surface area contributed by atoms with Crippen LogP contribution in [0.15, 0.2) is 60.7 Å². The largest absolute Gasteiger partial charge is 0.366 e. The van der Waals surface area contributed by atoms with E-state index in [9.17, 15) is 9.59 Å². The maximum Gasteiger partial charge on any atom is 0.258 e. The first kappa shape index (κ1) is 17.8. The highest BCUT2D eigenvalue weighted by Gasteiger charge is 2.14. The molecule has 0 aromatic heterocycles. The molecule has 3 aromatic carbocycles. The number of amides is 2. The van der Waals surface area contributed by atoms with Crippen molar-refractivity contribution < 1.29 is 9.59 Å². The van der Waals surface area contributed by atoms with Crippen molar-refractivity contribution in [3.05, 3.63) is 76.8 Å². The van der Waals surface area contributed by atoms with Crippen LogP contribution in [0.1, 0.15) is 20.7 Å². The zero-order valence-electron chi connectivity index (χ0n) is 13.5. The minimum absolute atomic E-state index is 0.0581. The Labute approximate surface area is 160 Å². The maximum absolute atomic E-state index is 12.6. The van der Waals surface area contributed by atoms with E-state index in [1.165, 1.54) is 0 Å². The lowest BCUT2D eigenvalue weighted by Crippen LogP contribution is -2.34. The first-order chi connectivity index (χ1) is 12.5. The summed E-state index contributed by atoms with van der Waals surface area (Å²) in [6, 6.07) is 17.3. The third kappa shape index (κ3) is 3.66. The number of hydrogen-bond acceptors (Lipinski definition) is 3. The van der Waals surface area contributed by atoms with Crippen LogP contribution in [-0.4, -0.2) is 16.9 Å². The summed E-state index contributed by atoms with van der Waals surface area (Å²) in [6.07, 6.45) is 0. The molecule has 4 N–H and O–H groups in total. The van der Waals surface area contributed by atoms with E-state index in [0.717, 1.165) is 10.8 Å². The zero-order chi connectivity index (χ0) is 18.7. The van der Waals surface area contributed by atoms with Gasteiger partial charge in [-0.15, -0.1) is 0 Å². The molecule has 0 saturated carbocycles. The summed E-state index contributed by atoms with van der Waals surface area (Å²) < 4.78 is 0. The molecule has 0 fully saturated rings. The number of thiocarbonyl (C=S) groups is 1. The Hall–Kier alpha value is -2.96. The van der Waals surface area contributed by atoms with Crippen LogP contribution in [0.5, 0.6) is 0 Å². The fourth-order valence-electron chi connectivity index (χ4n) is 2.60. The average Bonchev–Trinajstić information content (AvgIpc) is 2.61. The number of primary amides is 1. The summed E-state index contributed by atoms with van der Waals surface area (Å²) >= 11 is 11.4. The molecule has 0 radical (unpaired) electrons. The van der Waals surface area contributed by atoms with E-state index in [1.807, 2.05) is 12.1 Å². The van der Waals surface area contributed by atoms with Gasteiger partial charge in [-0.3, -0.25) is 14.9 Å². The van der Waals surface area contributed by atoms with Crippen LogP contribution in [0.2, 0.25) is 5.02 Å². The Balaban J connectivity index is 1.82. The number of para-hydroxylation sites is 1. The Morgan fingerprint density at radius 1 is 0.885 bits per heavy atom. The van der Waals surface area contributed by atoms with Crippen molar-refractivity contribution in [3.8, 4) is 0 Å². The molecule has 130 valence electrons. The van der Waals surface area contributed by atoms with Crippen LogP contribution in [-0.2, 0) is 0 Å². The minimum Gasteiger partial charge on any atom is -0.366 e. The number of nitrogens with one attached hydrogen (secondary N) is 2. The van der Waals surface area contributed by atoms with Crippen LogP contribution in [0.25, 0.3) is 10.8 Å². The summed E-state index contributed by atoms with van der Waals surface area (Å²) in [4.78, 5) is 24.1. The van der Waals surface area contributed by atoms with Gasteiger partial charge in [-0.2, -0.15) is 0 Å². The monoisotopic (exact) mass is 383 g/mol. The van der Waals surface area contributed by atoms with E-state index in [1.54, 1.807) is 48.5 Å². The third-order valence-electron chi connectivity index (χ3n) is 3.78. The molecule has 0 saturated heterocycles. The van der Waals surface area contributed by atoms with Crippen LogP contribution in [0, 0.1) is 0 Å². The normalized spacial score (nSPS) is 10.3. The Morgan fingerprint density at radius 3 is 2.31 bits per heavy atom. The molecule has 0 aliphatic heterocycles. The van der Waals surface area contributed by atoms with E-state index in [-0.39, 0.29) is 16.6 Å². The number of rotatable bonds is 3. The summed E-state index contributed by atoms with van der Waals surface area (Å²) in [6.45, 7) is 0. The number of anilines is 1. The van der Waals surface area contributed by atoms with Crippen molar-refractivity contribution >= 4 is 57.2 Å². The second-order valence-corrected chi connectivity index (χ2v) is 6.27. The molecular formula is C19H14ClN3O2S. The molecule has 0 unspecified atom stereocenters. The molecule has 0 atom stereocenters. The predicted octanol–water partition coefficient (Wildman–Crippen LogP) is 3.72. The van der Waals surface area contributed by atoms with Gasteiger partial charge >= 0.3 is 0 Å². The van der Waals surface area contributed by atoms with Crippen LogP contribution in [0.3, 0.4) is 0 Å². The lowest BCUT2D eigenvalue weighted by molar-refractivity contribution is 0.0977. The predicted molar refractivity (Wildman–Crippen MR) is 108 cm³/mol. The SMILES string of the molecule is NC(=O)c1ccccc1NC(=S)NC(=O)c1cccc2c(Cl)cccc12. The summed E-state index contributed by atoms with van der Waals surface area (Å²) in [5.74, 6) is -0.974. The van der Waals surface area contributed by atoms with E-state index >= 15 is 0 Å². The molecule has 2 amide bonds. The van der Waals surface area contributed by atoms with Gasteiger partial charge in [-0.1, -0.05) is 48.0 Å². The maximum atomic E-state index is 12.6. The van der Waals surface area contributed by atoms with Crippen molar-refractivity contribution in [1.82, 2.24) is 5.32 Å². The molecule has 3 rings (SSSR count). The van der Waals surface area contributed by atoms with Gasteiger partial charge < -0.3 is 11.1 Å². The fraction of sp³-hybridized carbons (Fsp3) is 0. The number of carbonyl (C=O) groups excluding carboxylic acids is 2. The topological polar surface area (TPSA) is 84.2 Å². The first-order valence-corrected chi connectivity index (χ1v) is 8.44. The number of hydrogen-bond donors (Lipinski definition) is 3. The van der Waals surface area contributed by atoms with Crippen molar-refractivity contribution in [2.45, 2.75) is 0 Å². The lowest BCUT2D eigenvalue weighted by atomic mass is 10.0. The number of nitrogens with two attached hydrogens (primary N) is 1. The number of fused-ring (bicyclic) bond motifs is 1. The zero-order valence-corrected chi connectivity index (χ0v) is 15.0. The molecule has 26 heavy (non-hydrogen) atoms. The second-order valence-electron chi connectivity index (χ2n) is 5.46. The Bertz CT molecular complexity index is 1040. The van der Waals surface area contributed by atoms with Crippen LogP contribution >= 0.6 is 23.8 Å². The van der Waals surface area contributed by atoms with Gasteiger partial charge in [0.25, 0.3) is 11.8 Å². The van der Waals surface area contributed by atoms with Crippen molar-refractivity contribution in [2.24, 2.45) is 5.73 Å². The quantitative estimate of drug-likeness (QED) is 0.602. The van der Waals surface area contributed by atoms with Gasteiger partial charge in [0.1, 0.15) is 0 Å². The number of halogens is 1. The van der Waals surface area contributed by atoms with Gasteiger partial charge in [0.05, 0.1) is 11.3 Å². The van der Waals surface area contributed by atoms with Gasteiger partial charge in [0.15, 0.2) is 5.11 Å². The summed E-state index contributed by atoms with van der Waals surface area (Å²) in [5, 5.41) is 7.55. The first-order valence-electron chi connectivity index (χ1n) is 7.66. The lowest BCUT2D eigenvalue weighted by Gasteiger charge is -2.13. The molecular weight excluding hydrogens is 370 g/mol. The van der Waals surface area contributed by atoms with Gasteiger partial charge in [0, 0.05) is 16.0 Å². The summed E-state index contributed by atoms with van der Waals surface area (Å²) in [7, 11) is 0. The molecule has 0 spiro atoms. The smallest absolute Gasteiger partial charge is 0.258 e. The van der Waals surface area contributed by atoms with Crippen LogP contribution in [0.4, 0.5) is 5.69 Å². The van der Waals surface area contributed by atoms with E-state index in [4.69, 9.17) is 29.6 Å². The molecule has 0 heterocycles. The van der Waals surface area contributed by atoms with E-state index in [2.05, 4.69) is 10.6 Å². The third-order valence-corrected chi connectivity index (χ3v) is 4.31. The Morgan fingerprint density at radius 2 is 1.54 bits per heavy atom. The molecule has 0 bridgehead atoms. The van der Waals surface area contributed by atoms with Crippen molar-refractivity contribution in [2.75, 3.05) is 5.32 Å². The molecule has 3 aromatic rings. The highest BCUT2D eigenvalue weighted by Crippen LogP contribution is 2.26. The standard InChI is InChI=1S/C19H14ClN3O2S/c20-15-9-4-6-11-12(15)7-3-8-13(11)18(25)23-19(26)22-16-10-2-1-5-14(16)17(21)24/h1-10H,(H2,21,24)(H2,22,23,25,26). The highest BCUT2D eigenvalue weighted by atomic mass is 35.5. The number of carbonyl (C=O) groups is 2. The Kier molecular flexibility index (Phi) is 5.16.